The average Bonchev–Trinajstić information content (AvgIpc) is 3.39. The minimum absolute atomic E-state index is 0.0340. The lowest BCUT2D eigenvalue weighted by Gasteiger charge is -2.22. The third kappa shape index (κ3) is 3.12. The Kier molecular flexibility index (Phi) is 4.57. The van der Waals surface area contributed by atoms with Gasteiger partial charge in [0.25, 0.3) is 11.7 Å². The molecule has 0 saturated carbocycles. The number of halogens is 1. The smallest absolute Gasteiger partial charge is 0.296 e. The molecule has 1 aliphatic rings. The second-order valence-corrected chi connectivity index (χ2v) is 6.90. The van der Waals surface area contributed by atoms with Gasteiger partial charge in [-0.25, -0.2) is 0 Å². The summed E-state index contributed by atoms with van der Waals surface area (Å²) in [5.41, 5.74) is 0.349. The lowest BCUT2D eigenvalue weighted by Crippen LogP contribution is -2.28. The molecule has 1 fully saturated rings. The number of furan rings is 2. The van der Waals surface area contributed by atoms with Crippen molar-refractivity contribution < 1.29 is 23.5 Å². The SMILES string of the molecule is Cc1ccc(C2/C(=C(\O)c3ccc(Cl)cc3)C(=O)C(=O)N2Cc2ccco2)o1. The molecule has 0 aliphatic carbocycles. The molecule has 4 rings (SSSR count). The van der Waals surface area contributed by atoms with Crippen LogP contribution in [0.4, 0.5) is 0 Å². The summed E-state index contributed by atoms with van der Waals surface area (Å²) in [4.78, 5) is 26.9. The predicted molar refractivity (Wildman–Crippen MR) is 101 cm³/mol. The normalized spacial score (nSPS) is 18.8. The number of carbonyl (C=O) groups excluding carboxylic acids is 2. The first-order valence-corrected chi connectivity index (χ1v) is 8.96. The minimum atomic E-state index is -0.866. The summed E-state index contributed by atoms with van der Waals surface area (Å²) < 4.78 is 11.0. The molecule has 0 spiro atoms. The second kappa shape index (κ2) is 7.05. The summed E-state index contributed by atoms with van der Waals surface area (Å²) >= 11 is 5.91. The van der Waals surface area contributed by atoms with E-state index in [9.17, 15) is 14.7 Å². The number of nitrogens with zero attached hydrogens (tertiary/aromatic N) is 1. The van der Waals surface area contributed by atoms with Gasteiger partial charge in [0.15, 0.2) is 0 Å². The van der Waals surface area contributed by atoms with Crippen LogP contribution < -0.4 is 0 Å². The van der Waals surface area contributed by atoms with E-state index in [0.29, 0.717) is 27.9 Å². The first kappa shape index (κ1) is 18.1. The number of likely N-dealkylation sites (tertiary alicyclic amines) is 1. The quantitative estimate of drug-likeness (QED) is 0.399. The Morgan fingerprint density at radius 1 is 1.14 bits per heavy atom. The Balaban J connectivity index is 1.85. The van der Waals surface area contributed by atoms with Crippen LogP contribution in [0.3, 0.4) is 0 Å². The molecule has 2 aromatic heterocycles. The molecular formula is C21H16ClNO5. The zero-order valence-corrected chi connectivity index (χ0v) is 15.6. The number of rotatable bonds is 4. The third-order valence-electron chi connectivity index (χ3n) is 4.59. The highest BCUT2D eigenvalue weighted by Crippen LogP contribution is 2.40. The Bertz CT molecular complexity index is 1060. The van der Waals surface area contributed by atoms with Crippen LogP contribution in [0.25, 0.3) is 5.76 Å². The lowest BCUT2D eigenvalue weighted by atomic mass is 9.99. The van der Waals surface area contributed by atoms with Crippen molar-refractivity contribution in [1.82, 2.24) is 4.90 Å². The highest BCUT2D eigenvalue weighted by Gasteiger charge is 2.47. The van der Waals surface area contributed by atoms with E-state index in [-0.39, 0.29) is 17.9 Å². The highest BCUT2D eigenvalue weighted by atomic mass is 35.5. The van der Waals surface area contributed by atoms with Gasteiger partial charge in [0.1, 0.15) is 29.1 Å². The van der Waals surface area contributed by atoms with Crippen molar-refractivity contribution in [2.24, 2.45) is 0 Å². The fourth-order valence-corrected chi connectivity index (χ4v) is 3.40. The van der Waals surface area contributed by atoms with Crippen LogP contribution in [-0.2, 0) is 16.1 Å². The number of carbonyl (C=O) groups is 2. The van der Waals surface area contributed by atoms with E-state index < -0.39 is 17.7 Å². The molecule has 1 aromatic carbocycles. The fraction of sp³-hybridized carbons (Fsp3) is 0.143. The maximum Gasteiger partial charge on any atom is 0.296 e. The summed E-state index contributed by atoms with van der Waals surface area (Å²) in [5, 5.41) is 11.3. The highest BCUT2D eigenvalue weighted by molar-refractivity contribution is 6.46. The summed E-state index contributed by atoms with van der Waals surface area (Å²) in [7, 11) is 0. The first-order chi connectivity index (χ1) is 13.5. The monoisotopic (exact) mass is 397 g/mol. The van der Waals surface area contributed by atoms with E-state index in [1.54, 1.807) is 55.5 Å². The molecule has 1 atom stereocenters. The number of hydrogen-bond acceptors (Lipinski definition) is 5. The van der Waals surface area contributed by atoms with Crippen LogP contribution in [0, 0.1) is 6.92 Å². The molecule has 6 nitrogen and oxygen atoms in total. The standard InChI is InChI=1S/C21H16ClNO5/c1-12-4-9-16(28-12)18-17(19(24)13-5-7-14(22)8-6-13)20(25)21(26)23(18)11-15-3-2-10-27-15/h2-10,18,24H,11H2,1H3/b19-17+. The van der Waals surface area contributed by atoms with E-state index in [1.807, 2.05) is 0 Å². The second-order valence-electron chi connectivity index (χ2n) is 6.46. The zero-order chi connectivity index (χ0) is 19.8. The van der Waals surface area contributed by atoms with Gasteiger partial charge in [-0.3, -0.25) is 9.59 Å². The molecule has 1 unspecified atom stereocenters. The number of aryl methyl sites for hydroxylation is 1. The molecule has 3 aromatic rings. The fourth-order valence-electron chi connectivity index (χ4n) is 3.27. The number of hydrogen-bond donors (Lipinski definition) is 1. The van der Waals surface area contributed by atoms with Gasteiger partial charge in [0.05, 0.1) is 18.4 Å². The lowest BCUT2D eigenvalue weighted by molar-refractivity contribution is -0.140. The van der Waals surface area contributed by atoms with Crippen LogP contribution in [0.15, 0.2) is 69.2 Å². The molecule has 1 saturated heterocycles. The molecular weight excluding hydrogens is 382 g/mol. The molecule has 1 aliphatic heterocycles. The molecule has 0 radical (unpaired) electrons. The maximum atomic E-state index is 12.8. The van der Waals surface area contributed by atoms with Gasteiger partial charge in [0, 0.05) is 10.6 Å². The van der Waals surface area contributed by atoms with Crippen LogP contribution in [0.5, 0.6) is 0 Å². The van der Waals surface area contributed by atoms with E-state index in [0.717, 1.165) is 0 Å². The Morgan fingerprint density at radius 2 is 1.89 bits per heavy atom. The summed E-state index contributed by atoms with van der Waals surface area (Å²) in [6.45, 7) is 1.83. The summed E-state index contributed by atoms with van der Waals surface area (Å²) in [5.74, 6) is -0.259. The van der Waals surface area contributed by atoms with Crippen LogP contribution in [0.1, 0.15) is 28.9 Å². The van der Waals surface area contributed by atoms with E-state index in [2.05, 4.69) is 0 Å². The third-order valence-corrected chi connectivity index (χ3v) is 4.85. The van der Waals surface area contributed by atoms with E-state index in [1.165, 1.54) is 11.2 Å². The van der Waals surface area contributed by atoms with Gasteiger partial charge in [-0.1, -0.05) is 11.6 Å². The largest absolute Gasteiger partial charge is 0.507 e. The first-order valence-electron chi connectivity index (χ1n) is 8.59. The number of Topliss-reactive ketones (excluding diaryl/α,β-unsaturated/α-hetero) is 1. The molecule has 142 valence electrons. The molecule has 1 amide bonds. The average molecular weight is 398 g/mol. The topological polar surface area (TPSA) is 83.9 Å². The zero-order valence-electron chi connectivity index (χ0n) is 14.9. The van der Waals surface area contributed by atoms with Gasteiger partial charge < -0.3 is 18.8 Å². The molecule has 0 bridgehead atoms. The molecule has 28 heavy (non-hydrogen) atoms. The Morgan fingerprint density at radius 3 is 2.50 bits per heavy atom. The molecule has 1 N–H and O–H groups in total. The number of amides is 1. The van der Waals surface area contributed by atoms with Gasteiger partial charge in [-0.15, -0.1) is 0 Å². The van der Waals surface area contributed by atoms with Crippen LogP contribution in [-0.4, -0.2) is 21.7 Å². The van der Waals surface area contributed by atoms with Crippen molar-refractivity contribution >= 4 is 29.1 Å². The predicted octanol–water partition coefficient (Wildman–Crippen LogP) is 4.46. The van der Waals surface area contributed by atoms with Gasteiger partial charge >= 0.3 is 0 Å². The van der Waals surface area contributed by atoms with Crippen LogP contribution >= 0.6 is 11.6 Å². The number of benzene rings is 1. The minimum Gasteiger partial charge on any atom is -0.507 e. The summed E-state index contributed by atoms with van der Waals surface area (Å²) in [6.07, 6.45) is 1.49. The van der Waals surface area contributed by atoms with Gasteiger partial charge in [0.2, 0.25) is 0 Å². The Labute approximate surface area is 165 Å². The van der Waals surface area contributed by atoms with Crippen molar-refractivity contribution in [3.8, 4) is 0 Å². The van der Waals surface area contributed by atoms with Crippen LogP contribution in [0.2, 0.25) is 5.02 Å². The summed E-state index contributed by atoms with van der Waals surface area (Å²) in [6, 6.07) is 12.3. The van der Waals surface area contributed by atoms with Crippen molar-refractivity contribution in [3.63, 3.8) is 0 Å². The number of ketones is 1. The Hall–Kier alpha value is -3.25. The molecule has 7 heteroatoms. The number of aliphatic hydroxyl groups excluding tert-OH is 1. The van der Waals surface area contributed by atoms with Crippen molar-refractivity contribution in [3.05, 3.63) is 88.2 Å². The van der Waals surface area contributed by atoms with Gasteiger partial charge in [-0.2, -0.15) is 0 Å². The van der Waals surface area contributed by atoms with Crippen molar-refractivity contribution in [2.75, 3.05) is 0 Å². The maximum absolute atomic E-state index is 12.8. The van der Waals surface area contributed by atoms with Crippen molar-refractivity contribution in [2.45, 2.75) is 19.5 Å². The molecule has 3 heterocycles. The van der Waals surface area contributed by atoms with Gasteiger partial charge in [-0.05, 0) is 55.5 Å². The van der Waals surface area contributed by atoms with Crippen molar-refractivity contribution in [1.29, 1.82) is 0 Å². The van der Waals surface area contributed by atoms with E-state index in [4.69, 9.17) is 20.4 Å². The number of aliphatic hydroxyl groups is 1. The van der Waals surface area contributed by atoms with E-state index >= 15 is 0 Å².